The van der Waals surface area contributed by atoms with Crippen molar-refractivity contribution in [2.75, 3.05) is 33.4 Å². The lowest BCUT2D eigenvalue weighted by molar-refractivity contribution is 0.0559. The zero-order valence-electron chi connectivity index (χ0n) is 17.3. The molecule has 30 heavy (non-hydrogen) atoms. The Morgan fingerprint density at radius 2 is 1.63 bits per heavy atom. The average Bonchev–Trinajstić information content (AvgIpc) is 3.17. The molecule has 2 fully saturated rings. The van der Waals surface area contributed by atoms with Gasteiger partial charge >= 0.3 is 0 Å². The average molecular weight is 408 g/mol. The van der Waals surface area contributed by atoms with E-state index in [1.165, 1.54) is 0 Å². The largest absolute Gasteiger partial charge is 0.497 e. The molecule has 2 heterocycles. The van der Waals surface area contributed by atoms with Crippen molar-refractivity contribution in [1.29, 1.82) is 0 Å². The number of ether oxygens (including phenoxy) is 1. The highest BCUT2D eigenvalue weighted by Crippen LogP contribution is 2.44. The number of amides is 2. The second-order valence-electron chi connectivity index (χ2n) is 8.36. The van der Waals surface area contributed by atoms with E-state index in [2.05, 4.69) is 0 Å². The molecule has 0 saturated carbocycles. The predicted molar refractivity (Wildman–Crippen MR) is 114 cm³/mol. The minimum absolute atomic E-state index is 0.0248. The van der Waals surface area contributed by atoms with Crippen LogP contribution in [0.5, 0.6) is 5.75 Å². The number of nitrogens with zero attached hydrogens (tertiary/aromatic N) is 2. The topological polar surface area (TPSA) is 70.1 Å². The maximum absolute atomic E-state index is 13.0. The maximum Gasteiger partial charge on any atom is 0.254 e. The minimum Gasteiger partial charge on any atom is -0.497 e. The molecule has 2 aliphatic rings. The number of carbonyl (C=O) groups excluding carboxylic acids is 2. The van der Waals surface area contributed by atoms with Crippen LogP contribution in [0.25, 0.3) is 0 Å². The molecule has 2 aromatic carbocycles. The van der Waals surface area contributed by atoms with E-state index < -0.39 is 0 Å². The molecule has 2 amide bonds. The van der Waals surface area contributed by atoms with Gasteiger partial charge in [0.15, 0.2) is 0 Å². The van der Waals surface area contributed by atoms with E-state index in [0.29, 0.717) is 30.8 Å². The van der Waals surface area contributed by atoms with Gasteiger partial charge in [0.1, 0.15) is 5.75 Å². The molecular formula is C24H28N2O4. The number of methoxy groups -OCH3 is 1. The summed E-state index contributed by atoms with van der Waals surface area (Å²) in [5.74, 6) is 0.734. The van der Waals surface area contributed by atoms with Gasteiger partial charge < -0.3 is 19.6 Å². The highest BCUT2D eigenvalue weighted by atomic mass is 16.5. The molecule has 1 N–H and O–H groups in total. The summed E-state index contributed by atoms with van der Waals surface area (Å²) >= 11 is 0. The van der Waals surface area contributed by atoms with E-state index in [1.807, 2.05) is 40.1 Å². The number of hydrogen-bond acceptors (Lipinski definition) is 4. The smallest absolute Gasteiger partial charge is 0.254 e. The van der Waals surface area contributed by atoms with Crippen molar-refractivity contribution in [1.82, 2.24) is 9.80 Å². The Morgan fingerprint density at radius 3 is 2.23 bits per heavy atom. The molecule has 1 unspecified atom stereocenters. The van der Waals surface area contributed by atoms with Gasteiger partial charge in [-0.2, -0.15) is 0 Å². The number of benzene rings is 2. The summed E-state index contributed by atoms with van der Waals surface area (Å²) < 4.78 is 5.16. The fourth-order valence-electron chi connectivity index (χ4n) is 4.77. The molecule has 0 bridgehead atoms. The van der Waals surface area contributed by atoms with Gasteiger partial charge in [-0.1, -0.05) is 18.2 Å². The normalized spacial score (nSPS) is 20.4. The highest BCUT2D eigenvalue weighted by Gasteiger charge is 2.47. The van der Waals surface area contributed by atoms with Crippen LogP contribution in [0.3, 0.4) is 0 Å². The summed E-state index contributed by atoms with van der Waals surface area (Å²) in [5.41, 5.74) is 1.28. The summed E-state index contributed by atoms with van der Waals surface area (Å²) in [6.45, 7) is 1.93. The lowest BCUT2D eigenvalue weighted by Gasteiger charge is -2.39. The molecule has 1 spiro atoms. The van der Waals surface area contributed by atoms with Gasteiger partial charge in [-0.15, -0.1) is 0 Å². The van der Waals surface area contributed by atoms with Crippen molar-refractivity contribution in [3.05, 3.63) is 65.7 Å². The summed E-state index contributed by atoms with van der Waals surface area (Å²) in [7, 11) is 1.61. The zero-order valence-corrected chi connectivity index (χ0v) is 17.3. The molecule has 2 aromatic rings. The van der Waals surface area contributed by atoms with E-state index in [4.69, 9.17) is 4.74 Å². The molecule has 2 aliphatic heterocycles. The van der Waals surface area contributed by atoms with Crippen LogP contribution in [0, 0.1) is 5.41 Å². The first-order valence-electron chi connectivity index (χ1n) is 10.5. The number of hydrogen-bond donors (Lipinski definition) is 1. The predicted octanol–water partition coefficient (Wildman–Crippen LogP) is 2.82. The molecule has 1 atom stereocenters. The first-order valence-corrected chi connectivity index (χ1v) is 10.5. The minimum atomic E-state index is -0.165. The van der Waals surface area contributed by atoms with Gasteiger partial charge in [-0.25, -0.2) is 0 Å². The Morgan fingerprint density at radius 1 is 1.00 bits per heavy atom. The second kappa shape index (κ2) is 8.48. The number of aliphatic hydroxyl groups excluding tert-OH is 1. The van der Waals surface area contributed by atoms with Crippen molar-refractivity contribution < 1.29 is 19.4 Å². The summed E-state index contributed by atoms with van der Waals surface area (Å²) in [4.78, 5) is 29.6. The molecule has 0 radical (unpaired) electrons. The fraction of sp³-hybridized carbons (Fsp3) is 0.417. The van der Waals surface area contributed by atoms with Crippen LogP contribution >= 0.6 is 0 Å². The van der Waals surface area contributed by atoms with Crippen LogP contribution in [0.1, 0.15) is 40.0 Å². The molecule has 0 aliphatic carbocycles. The molecule has 6 heteroatoms. The third-order valence-corrected chi connectivity index (χ3v) is 6.56. The van der Waals surface area contributed by atoms with Crippen LogP contribution in [-0.2, 0) is 0 Å². The molecule has 4 rings (SSSR count). The van der Waals surface area contributed by atoms with Gasteiger partial charge in [-0.3, -0.25) is 9.59 Å². The highest BCUT2D eigenvalue weighted by molar-refractivity contribution is 5.95. The zero-order chi connectivity index (χ0) is 21.1. The molecule has 6 nitrogen and oxygen atoms in total. The first kappa shape index (κ1) is 20.4. The van der Waals surface area contributed by atoms with Crippen LogP contribution in [0.4, 0.5) is 0 Å². The Bertz CT molecular complexity index is 889. The van der Waals surface area contributed by atoms with E-state index in [1.54, 1.807) is 31.4 Å². The van der Waals surface area contributed by atoms with Gasteiger partial charge in [0.2, 0.25) is 0 Å². The lowest BCUT2D eigenvalue weighted by atomic mass is 9.76. The van der Waals surface area contributed by atoms with Crippen molar-refractivity contribution >= 4 is 11.8 Å². The monoisotopic (exact) mass is 408 g/mol. The first-order chi connectivity index (χ1) is 14.5. The van der Waals surface area contributed by atoms with E-state index in [9.17, 15) is 14.7 Å². The third kappa shape index (κ3) is 3.92. The number of piperidine rings is 1. The Kier molecular flexibility index (Phi) is 5.77. The van der Waals surface area contributed by atoms with Crippen LogP contribution in [0.15, 0.2) is 54.6 Å². The van der Waals surface area contributed by atoms with E-state index in [-0.39, 0.29) is 29.9 Å². The Balaban J connectivity index is 1.42. The fourth-order valence-corrected chi connectivity index (χ4v) is 4.77. The maximum atomic E-state index is 13.0. The molecule has 158 valence electrons. The van der Waals surface area contributed by atoms with Gasteiger partial charge in [0.25, 0.3) is 11.8 Å². The van der Waals surface area contributed by atoms with Crippen LogP contribution < -0.4 is 4.74 Å². The van der Waals surface area contributed by atoms with Crippen LogP contribution in [0.2, 0.25) is 0 Å². The Hall–Kier alpha value is -2.86. The quantitative estimate of drug-likeness (QED) is 0.845. The third-order valence-electron chi connectivity index (χ3n) is 6.56. The summed E-state index contributed by atoms with van der Waals surface area (Å²) in [6.07, 6.45) is 2.46. The number of likely N-dealkylation sites (tertiary alicyclic amines) is 2. The van der Waals surface area contributed by atoms with E-state index in [0.717, 1.165) is 25.0 Å². The number of carbonyl (C=O) groups is 2. The van der Waals surface area contributed by atoms with Gasteiger partial charge in [0.05, 0.1) is 19.8 Å². The summed E-state index contributed by atoms with van der Waals surface area (Å²) in [6, 6.07) is 16.3. The molecular weight excluding hydrogens is 380 g/mol. The lowest BCUT2D eigenvalue weighted by Crippen LogP contribution is -2.44. The second-order valence-corrected chi connectivity index (χ2v) is 8.36. The van der Waals surface area contributed by atoms with Crippen molar-refractivity contribution in [2.24, 2.45) is 5.41 Å². The van der Waals surface area contributed by atoms with Crippen LogP contribution in [-0.4, -0.2) is 66.1 Å². The number of rotatable bonds is 4. The standard InChI is InChI=1S/C24H28N2O4/c1-30-21-9-7-19(8-10-21)22(28)25-13-11-24(12-14-25)15-20(16-27)26(17-24)23(29)18-5-3-2-4-6-18/h2-10,20,27H,11-17H2,1H3. The van der Waals surface area contributed by atoms with Crippen molar-refractivity contribution in [3.63, 3.8) is 0 Å². The SMILES string of the molecule is COc1ccc(C(=O)N2CCC3(CC2)CC(CO)N(C(=O)c2ccccc2)C3)cc1. The van der Waals surface area contributed by atoms with E-state index >= 15 is 0 Å². The summed E-state index contributed by atoms with van der Waals surface area (Å²) in [5, 5.41) is 9.91. The van der Waals surface area contributed by atoms with Crippen molar-refractivity contribution in [3.8, 4) is 5.75 Å². The Labute approximate surface area is 177 Å². The number of aliphatic hydroxyl groups is 1. The van der Waals surface area contributed by atoms with Gasteiger partial charge in [-0.05, 0) is 61.1 Å². The van der Waals surface area contributed by atoms with Crippen molar-refractivity contribution in [2.45, 2.75) is 25.3 Å². The van der Waals surface area contributed by atoms with Gasteiger partial charge in [0, 0.05) is 30.8 Å². The molecule has 2 saturated heterocycles. The molecule has 0 aromatic heterocycles.